The second-order valence-electron chi connectivity index (χ2n) is 5.49. The monoisotopic (exact) mass is 241 g/mol. The molecular formula is C14H27NO2. The molecule has 1 saturated carbocycles. The third-order valence-electron chi connectivity index (χ3n) is 3.93. The average Bonchev–Trinajstić information content (AvgIpc) is 2.36. The van der Waals surface area contributed by atoms with E-state index in [1.807, 2.05) is 0 Å². The van der Waals surface area contributed by atoms with Crippen LogP contribution in [0.3, 0.4) is 0 Å². The minimum absolute atomic E-state index is 0.417. The van der Waals surface area contributed by atoms with E-state index in [0.29, 0.717) is 18.2 Å². The molecule has 1 saturated heterocycles. The number of rotatable bonds is 5. The summed E-state index contributed by atoms with van der Waals surface area (Å²) in [6, 6.07) is 0.633. The highest BCUT2D eigenvalue weighted by Gasteiger charge is 2.18. The molecule has 2 unspecified atom stereocenters. The van der Waals surface area contributed by atoms with E-state index >= 15 is 0 Å². The largest absolute Gasteiger partial charge is 0.378 e. The number of hydrogen-bond acceptors (Lipinski definition) is 3. The Morgan fingerprint density at radius 1 is 1.18 bits per heavy atom. The molecule has 3 nitrogen and oxygen atoms in total. The van der Waals surface area contributed by atoms with Gasteiger partial charge in [0.05, 0.1) is 18.8 Å². The summed E-state index contributed by atoms with van der Waals surface area (Å²) >= 11 is 0. The molecule has 2 aliphatic rings. The fourth-order valence-corrected chi connectivity index (χ4v) is 2.90. The van der Waals surface area contributed by atoms with Crippen molar-refractivity contribution in [1.29, 1.82) is 0 Å². The lowest BCUT2D eigenvalue weighted by molar-refractivity contribution is 0.00549. The van der Waals surface area contributed by atoms with Gasteiger partial charge in [0.25, 0.3) is 0 Å². The van der Waals surface area contributed by atoms with Crippen LogP contribution in [0.2, 0.25) is 0 Å². The van der Waals surface area contributed by atoms with Gasteiger partial charge in [-0.3, -0.25) is 0 Å². The van der Waals surface area contributed by atoms with Crippen LogP contribution in [0.4, 0.5) is 0 Å². The van der Waals surface area contributed by atoms with Gasteiger partial charge >= 0.3 is 0 Å². The van der Waals surface area contributed by atoms with Crippen molar-refractivity contribution in [1.82, 2.24) is 5.32 Å². The minimum Gasteiger partial charge on any atom is -0.378 e. The first-order valence-corrected chi connectivity index (χ1v) is 7.31. The summed E-state index contributed by atoms with van der Waals surface area (Å²) in [7, 11) is 0. The molecule has 0 bridgehead atoms. The molecule has 0 amide bonds. The van der Waals surface area contributed by atoms with Gasteiger partial charge in [-0.15, -0.1) is 0 Å². The van der Waals surface area contributed by atoms with Crippen LogP contribution in [-0.4, -0.2) is 38.0 Å². The second-order valence-corrected chi connectivity index (χ2v) is 5.49. The van der Waals surface area contributed by atoms with Gasteiger partial charge < -0.3 is 14.8 Å². The van der Waals surface area contributed by atoms with Crippen LogP contribution < -0.4 is 5.32 Å². The fourth-order valence-electron chi connectivity index (χ4n) is 2.90. The van der Waals surface area contributed by atoms with Gasteiger partial charge in [0.1, 0.15) is 0 Å². The summed E-state index contributed by atoms with van der Waals surface area (Å²) in [6.45, 7) is 4.93. The zero-order valence-electron chi connectivity index (χ0n) is 11.1. The molecule has 1 N–H and O–H groups in total. The van der Waals surface area contributed by atoms with E-state index in [1.165, 1.54) is 32.1 Å². The highest BCUT2D eigenvalue weighted by atomic mass is 16.5. The Hall–Kier alpha value is -0.120. The van der Waals surface area contributed by atoms with Crippen LogP contribution in [0.5, 0.6) is 0 Å². The number of nitrogens with one attached hydrogen (secondary N) is 1. The van der Waals surface area contributed by atoms with E-state index in [4.69, 9.17) is 9.47 Å². The lowest BCUT2D eigenvalue weighted by Gasteiger charge is -2.28. The fraction of sp³-hybridized carbons (Fsp3) is 1.00. The molecule has 2 rings (SSSR count). The maximum absolute atomic E-state index is 5.91. The molecule has 2 atom stereocenters. The molecule has 0 radical (unpaired) electrons. The Kier molecular flexibility index (Phi) is 5.75. The third-order valence-corrected chi connectivity index (χ3v) is 3.93. The zero-order chi connectivity index (χ0) is 11.9. The van der Waals surface area contributed by atoms with Crippen LogP contribution >= 0.6 is 0 Å². The first kappa shape index (κ1) is 13.3. The summed E-state index contributed by atoms with van der Waals surface area (Å²) in [4.78, 5) is 0. The van der Waals surface area contributed by atoms with Crippen molar-refractivity contribution in [2.45, 2.75) is 70.1 Å². The van der Waals surface area contributed by atoms with Crippen LogP contribution in [0.1, 0.15) is 51.9 Å². The molecule has 1 heterocycles. The molecule has 3 heteroatoms. The van der Waals surface area contributed by atoms with Crippen LogP contribution in [-0.2, 0) is 9.47 Å². The van der Waals surface area contributed by atoms with Crippen LogP contribution in [0.25, 0.3) is 0 Å². The summed E-state index contributed by atoms with van der Waals surface area (Å²) in [5, 5.41) is 3.59. The normalized spacial score (nSPS) is 31.6. The quantitative estimate of drug-likeness (QED) is 0.750. The Morgan fingerprint density at radius 3 is 2.76 bits per heavy atom. The van der Waals surface area contributed by atoms with E-state index in [-0.39, 0.29) is 0 Å². The van der Waals surface area contributed by atoms with Gasteiger partial charge in [0.2, 0.25) is 0 Å². The predicted octanol–water partition coefficient (Wildman–Crippen LogP) is 2.49. The molecule has 2 fully saturated rings. The van der Waals surface area contributed by atoms with Crippen molar-refractivity contribution < 1.29 is 9.47 Å². The summed E-state index contributed by atoms with van der Waals surface area (Å²) in [5.41, 5.74) is 0. The molecule has 0 aromatic rings. The number of hydrogen-bond donors (Lipinski definition) is 1. The number of ether oxygens (including phenoxy) is 2. The van der Waals surface area contributed by atoms with E-state index in [0.717, 1.165) is 32.6 Å². The molecule has 1 aliphatic carbocycles. The summed E-state index contributed by atoms with van der Waals surface area (Å²) < 4.78 is 11.4. The first-order chi connectivity index (χ1) is 8.34. The Balaban J connectivity index is 1.50. The topological polar surface area (TPSA) is 30.5 Å². The van der Waals surface area contributed by atoms with Crippen molar-refractivity contribution in [3.63, 3.8) is 0 Å². The highest BCUT2D eigenvalue weighted by molar-refractivity contribution is 4.74. The molecular weight excluding hydrogens is 214 g/mol. The SMILES string of the molecule is CC1CC(NCCOC2CCCCC2)CCO1. The van der Waals surface area contributed by atoms with Gasteiger partial charge in [-0.05, 0) is 32.6 Å². The minimum atomic E-state index is 0.417. The molecule has 1 aliphatic heterocycles. The lowest BCUT2D eigenvalue weighted by Crippen LogP contribution is -2.39. The Morgan fingerprint density at radius 2 is 2.00 bits per heavy atom. The molecule has 17 heavy (non-hydrogen) atoms. The van der Waals surface area contributed by atoms with Crippen molar-refractivity contribution in [3.05, 3.63) is 0 Å². The Labute approximate surface area is 105 Å². The standard InChI is InChI=1S/C14H27NO2/c1-12-11-13(7-9-16-12)15-8-10-17-14-5-3-2-4-6-14/h12-15H,2-11H2,1H3. The third kappa shape index (κ3) is 4.94. The van der Waals surface area contributed by atoms with Crippen LogP contribution in [0, 0.1) is 0 Å². The van der Waals surface area contributed by atoms with E-state index in [2.05, 4.69) is 12.2 Å². The van der Waals surface area contributed by atoms with Gasteiger partial charge in [0.15, 0.2) is 0 Å². The van der Waals surface area contributed by atoms with Gasteiger partial charge in [-0.2, -0.15) is 0 Å². The molecule has 0 spiro atoms. The summed E-state index contributed by atoms with van der Waals surface area (Å²) in [6.07, 6.45) is 9.91. The lowest BCUT2D eigenvalue weighted by atomic mass is 9.98. The maximum atomic E-state index is 5.91. The van der Waals surface area contributed by atoms with Crippen molar-refractivity contribution >= 4 is 0 Å². The smallest absolute Gasteiger partial charge is 0.0594 e. The van der Waals surface area contributed by atoms with Crippen LogP contribution in [0.15, 0.2) is 0 Å². The van der Waals surface area contributed by atoms with Gasteiger partial charge in [-0.25, -0.2) is 0 Å². The second kappa shape index (κ2) is 7.34. The predicted molar refractivity (Wildman–Crippen MR) is 69.3 cm³/mol. The zero-order valence-corrected chi connectivity index (χ0v) is 11.1. The molecule has 100 valence electrons. The van der Waals surface area contributed by atoms with Gasteiger partial charge in [-0.1, -0.05) is 19.3 Å². The van der Waals surface area contributed by atoms with Crippen molar-refractivity contribution in [2.24, 2.45) is 0 Å². The average molecular weight is 241 g/mol. The van der Waals surface area contributed by atoms with Crippen molar-refractivity contribution in [3.8, 4) is 0 Å². The highest BCUT2D eigenvalue weighted by Crippen LogP contribution is 2.20. The molecule has 0 aromatic heterocycles. The van der Waals surface area contributed by atoms with E-state index < -0.39 is 0 Å². The Bertz CT molecular complexity index is 204. The van der Waals surface area contributed by atoms with E-state index in [9.17, 15) is 0 Å². The van der Waals surface area contributed by atoms with E-state index in [1.54, 1.807) is 0 Å². The maximum Gasteiger partial charge on any atom is 0.0594 e. The molecule has 0 aromatic carbocycles. The van der Waals surface area contributed by atoms with Gasteiger partial charge in [0, 0.05) is 19.2 Å². The van der Waals surface area contributed by atoms with Crippen molar-refractivity contribution in [2.75, 3.05) is 19.8 Å². The first-order valence-electron chi connectivity index (χ1n) is 7.31. The summed E-state index contributed by atoms with van der Waals surface area (Å²) in [5.74, 6) is 0.